The van der Waals surface area contributed by atoms with E-state index in [4.69, 9.17) is 0 Å². The first kappa shape index (κ1) is 13.8. The first-order valence-electron chi connectivity index (χ1n) is 6.94. The summed E-state index contributed by atoms with van der Waals surface area (Å²) in [5.74, 6) is 0.0424. The summed E-state index contributed by atoms with van der Waals surface area (Å²) in [6.07, 6.45) is 2.53. The zero-order valence-corrected chi connectivity index (χ0v) is 12.9. The lowest BCUT2D eigenvalue weighted by Crippen LogP contribution is -2.36. The number of nitrogens with one attached hydrogen (secondary N) is 1. The average molecular weight is 306 g/mol. The van der Waals surface area contributed by atoms with Gasteiger partial charge in [0.05, 0.1) is 10.9 Å². The van der Waals surface area contributed by atoms with Crippen molar-refractivity contribution < 1.29 is 4.79 Å². The van der Waals surface area contributed by atoms with Gasteiger partial charge in [-0.3, -0.25) is 9.69 Å². The second-order valence-electron chi connectivity index (χ2n) is 4.96. The summed E-state index contributed by atoms with van der Waals surface area (Å²) in [4.78, 5) is 16.7. The summed E-state index contributed by atoms with van der Waals surface area (Å²) >= 11 is 3.27. The van der Waals surface area contributed by atoms with Crippen molar-refractivity contribution in [1.82, 2.24) is 10.2 Å². The highest BCUT2D eigenvalue weighted by Gasteiger charge is 2.24. The normalized spacial score (nSPS) is 17.2. The van der Waals surface area contributed by atoms with Gasteiger partial charge in [0.25, 0.3) is 5.91 Å². The predicted molar refractivity (Wildman–Crippen MR) is 84.5 cm³/mol. The molecule has 1 N–H and O–H groups in total. The summed E-state index contributed by atoms with van der Waals surface area (Å²) in [5, 5.41) is 7.13. The maximum atomic E-state index is 12.1. The lowest BCUT2D eigenvalue weighted by Gasteiger charge is -2.26. The van der Waals surface area contributed by atoms with E-state index in [1.807, 2.05) is 17.5 Å². The molecule has 0 bridgehead atoms. The number of rotatable bonds is 5. The molecular weight excluding hydrogens is 288 g/mol. The number of thiophene rings is 2. The van der Waals surface area contributed by atoms with Gasteiger partial charge in [-0.25, -0.2) is 0 Å². The van der Waals surface area contributed by atoms with E-state index >= 15 is 0 Å². The molecule has 2 aromatic rings. The SMILES string of the molecule is O=C(NCC(c1cccs1)N1CCCC1)c1cccs1. The first-order valence-corrected chi connectivity index (χ1v) is 8.69. The highest BCUT2D eigenvalue weighted by Crippen LogP contribution is 2.27. The van der Waals surface area contributed by atoms with E-state index in [1.165, 1.54) is 29.1 Å². The molecule has 0 saturated carbocycles. The highest BCUT2D eigenvalue weighted by atomic mass is 32.1. The van der Waals surface area contributed by atoms with E-state index in [0.29, 0.717) is 12.6 Å². The van der Waals surface area contributed by atoms with Crippen LogP contribution in [0.25, 0.3) is 0 Å². The van der Waals surface area contributed by atoms with Crippen LogP contribution in [0, 0.1) is 0 Å². The number of likely N-dealkylation sites (tertiary alicyclic amines) is 1. The average Bonchev–Trinajstić information content (AvgIpc) is 3.22. The van der Waals surface area contributed by atoms with Crippen molar-refractivity contribution in [3.63, 3.8) is 0 Å². The lowest BCUT2D eigenvalue weighted by molar-refractivity contribution is 0.0942. The smallest absolute Gasteiger partial charge is 0.261 e. The fourth-order valence-corrected chi connectivity index (χ4v) is 4.13. The van der Waals surface area contributed by atoms with Crippen molar-refractivity contribution in [2.24, 2.45) is 0 Å². The van der Waals surface area contributed by atoms with Gasteiger partial charge in [-0.05, 0) is 48.8 Å². The Hall–Kier alpha value is -1.17. The number of nitrogens with zero attached hydrogens (tertiary/aromatic N) is 1. The van der Waals surface area contributed by atoms with Crippen molar-refractivity contribution in [1.29, 1.82) is 0 Å². The number of carbonyl (C=O) groups excluding carboxylic acids is 1. The van der Waals surface area contributed by atoms with E-state index in [0.717, 1.165) is 18.0 Å². The van der Waals surface area contributed by atoms with Crippen LogP contribution in [-0.4, -0.2) is 30.4 Å². The number of amides is 1. The molecule has 106 valence electrons. The zero-order valence-electron chi connectivity index (χ0n) is 11.2. The summed E-state index contributed by atoms with van der Waals surface area (Å²) in [6.45, 7) is 2.96. The van der Waals surface area contributed by atoms with Gasteiger partial charge in [-0.15, -0.1) is 22.7 Å². The minimum Gasteiger partial charge on any atom is -0.349 e. The maximum absolute atomic E-state index is 12.1. The Kier molecular flexibility index (Phi) is 4.50. The van der Waals surface area contributed by atoms with Crippen LogP contribution in [0.1, 0.15) is 33.4 Å². The van der Waals surface area contributed by atoms with Crippen LogP contribution in [0.5, 0.6) is 0 Å². The van der Waals surface area contributed by atoms with Crippen molar-refractivity contribution in [2.75, 3.05) is 19.6 Å². The molecule has 2 aromatic heterocycles. The molecular formula is C15H18N2OS2. The first-order chi connectivity index (χ1) is 9.84. The Morgan fingerprint density at radius 1 is 1.20 bits per heavy atom. The van der Waals surface area contributed by atoms with Crippen LogP contribution >= 0.6 is 22.7 Å². The molecule has 0 aliphatic carbocycles. The molecule has 3 rings (SSSR count). The van der Waals surface area contributed by atoms with Gasteiger partial charge in [-0.2, -0.15) is 0 Å². The molecule has 0 radical (unpaired) electrons. The molecule has 20 heavy (non-hydrogen) atoms. The lowest BCUT2D eigenvalue weighted by atomic mass is 10.2. The molecule has 1 atom stereocenters. The molecule has 1 unspecified atom stereocenters. The molecule has 0 spiro atoms. The highest BCUT2D eigenvalue weighted by molar-refractivity contribution is 7.12. The fourth-order valence-electron chi connectivity index (χ4n) is 2.63. The van der Waals surface area contributed by atoms with Gasteiger partial charge in [0.2, 0.25) is 0 Å². The van der Waals surface area contributed by atoms with Gasteiger partial charge in [0, 0.05) is 11.4 Å². The minimum absolute atomic E-state index is 0.0424. The molecule has 3 nitrogen and oxygen atoms in total. The summed E-state index contributed by atoms with van der Waals surface area (Å²) in [7, 11) is 0. The second kappa shape index (κ2) is 6.52. The van der Waals surface area contributed by atoms with E-state index in [2.05, 4.69) is 27.7 Å². The molecule has 1 amide bonds. The molecule has 1 fully saturated rings. The van der Waals surface area contributed by atoms with E-state index in [-0.39, 0.29) is 5.91 Å². The molecule has 5 heteroatoms. The largest absolute Gasteiger partial charge is 0.349 e. The third kappa shape index (κ3) is 3.11. The second-order valence-corrected chi connectivity index (χ2v) is 6.89. The Bertz CT molecular complexity index is 530. The topological polar surface area (TPSA) is 32.3 Å². The minimum atomic E-state index is 0.0424. The van der Waals surface area contributed by atoms with Gasteiger partial charge in [0.1, 0.15) is 0 Å². The predicted octanol–water partition coefficient (Wildman–Crippen LogP) is 3.38. The van der Waals surface area contributed by atoms with E-state index in [1.54, 1.807) is 11.3 Å². The van der Waals surface area contributed by atoms with E-state index in [9.17, 15) is 4.79 Å². The van der Waals surface area contributed by atoms with Crippen molar-refractivity contribution in [3.05, 3.63) is 44.8 Å². The van der Waals surface area contributed by atoms with Crippen LogP contribution < -0.4 is 5.32 Å². The summed E-state index contributed by atoms with van der Waals surface area (Å²) < 4.78 is 0. The molecule has 1 aliphatic rings. The van der Waals surface area contributed by atoms with Gasteiger partial charge < -0.3 is 5.32 Å². The quantitative estimate of drug-likeness (QED) is 0.918. The summed E-state index contributed by atoms with van der Waals surface area (Å²) in [6, 6.07) is 8.36. The van der Waals surface area contributed by atoms with Crippen molar-refractivity contribution in [2.45, 2.75) is 18.9 Å². The Balaban J connectivity index is 1.66. The Labute approximate surface area is 127 Å². The van der Waals surface area contributed by atoms with Gasteiger partial charge >= 0.3 is 0 Å². The van der Waals surface area contributed by atoms with Crippen LogP contribution in [0.3, 0.4) is 0 Å². The standard InChI is InChI=1S/C15H18N2OS2/c18-15(14-6-4-10-20-14)16-11-12(13-5-3-9-19-13)17-7-1-2-8-17/h3-6,9-10,12H,1-2,7-8,11H2,(H,16,18). The molecule has 3 heterocycles. The van der Waals surface area contributed by atoms with Crippen LogP contribution in [0.2, 0.25) is 0 Å². The molecule has 1 saturated heterocycles. The molecule has 0 aromatic carbocycles. The van der Waals surface area contributed by atoms with Crippen LogP contribution in [0.15, 0.2) is 35.0 Å². The number of carbonyl (C=O) groups is 1. The fraction of sp³-hybridized carbons (Fsp3) is 0.400. The summed E-state index contributed by atoms with van der Waals surface area (Å²) in [5.41, 5.74) is 0. The number of hydrogen-bond donors (Lipinski definition) is 1. The number of hydrogen-bond acceptors (Lipinski definition) is 4. The molecule has 1 aliphatic heterocycles. The van der Waals surface area contributed by atoms with Crippen LogP contribution in [-0.2, 0) is 0 Å². The zero-order chi connectivity index (χ0) is 13.8. The Morgan fingerprint density at radius 3 is 2.60 bits per heavy atom. The third-order valence-corrected chi connectivity index (χ3v) is 5.50. The third-order valence-electron chi connectivity index (χ3n) is 3.65. The van der Waals surface area contributed by atoms with Gasteiger partial charge in [-0.1, -0.05) is 12.1 Å². The van der Waals surface area contributed by atoms with E-state index < -0.39 is 0 Å². The maximum Gasteiger partial charge on any atom is 0.261 e. The van der Waals surface area contributed by atoms with Crippen molar-refractivity contribution >= 4 is 28.6 Å². The Morgan fingerprint density at radius 2 is 1.95 bits per heavy atom. The van der Waals surface area contributed by atoms with Crippen LogP contribution in [0.4, 0.5) is 0 Å². The van der Waals surface area contributed by atoms with Crippen molar-refractivity contribution in [3.8, 4) is 0 Å². The van der Waals surface area contributed by atoms with Gasteiger partial charge in [0.15, 0.2) is 0 Å². The monoisotopic (exact) mass is 306 g/mol.